The molecule has 0 atom stereocenters. The summed E-state index contributed by atoms with van der Waals surface area (Å²) < 4.78 is 10.0. The van der Waals surface area contributed by atoms with Gasteiger partial charge in [-0.25, -0.2) is 0 Å². The largest absolute Gasteiger partial charge is 0.468 e. The molecule has 5 nitrogen and oxygen atoms in total. The number of methoxy groups -OCH3 is 1. The van der Waals surface area contributed by atoms with Crippen molar-refractivity contribution in [1.82, 2.24) is 10.3 Å². The molecule has 0 saturated carbocycles. The summed E-state index contributed by atoms with van der Waals surface area (Å²) in [4.78, 5) is 14.8. The first-order valence-electron chi connectivity index (χ1n) is 6.50. The van der Waals surface area contributed by atoms with Crippen molar-refractivity contribution in [3.8, 4) is 0 Å². The highest BCUT2D eigenvalue weighted by atomic mass is 16.5. The number of esters is 1. The number of carbonyl (C=O) groups is 1. The molecule has 0 spiro atoms. The van der Waals surface area contributed by atoms with Gasteiger partial charge in [-0.2, -0.15) is 0 Å². The van der Waals surface area contributed by atoms with Crippen LogP contribution >= 0.6 is 0 Å². The van der Waals surface area contributed by atoms with Gasteiger partial charge in [0.15, 0.2) is 0 Å². The van der Waals surface area contributed by atoms with Crippen molar-refractivity contribution < 1.29 is 14.3 Å². The SMILES string of the molecule is COC(=O)C1(CNCC(C)(C)c2cc[nH]c2)COC1. The van der Waals surface area contributed by atoms with E-state index in [4.69, 9.17) is 9.47 Å². The molecule has 106 valence electrons. The van der Waals surface area contributed by atoms with Gasteiger partial charge in [0.2, 0.25) is 0 Å². The number of ether oxygens (including phenoxy) is 2. The third-order valence-corrected chi connectivity index (χ3v) is 3.78. The maximum absolute atomic E-state index is 11.8. The van der Waals surface area contributed by atoms with Crippen LogP contribution in [0.5, 0.6) is 0 Å². The van der Waals surface area contributed by atoms with Crippen LogP contribution in [0.25, 0.3) is 0 Å². The summed E-state index contributed by atoms with van der Waals surface area (Å²) in [5, 5.41) is 3.38. The van der Waals surface area contributed by atoms with Gasteiger partial charge in [0.05, 0.1) is 20.3 Å². The Morgan fingerprint density at radius 3 is 2.79 bits per heavy atom. The molecule has 0 unspecified atom stereocenters. The van der Waals surface area contributed by atoms with Crippen LogP contribution in [0.2, 0.25) is 0 Å². The van der Waals surface area contributed by atoms with E-state index in [1.807, 2.05) is 12.4 Å². The number of rotatable bonds is 6. The van der Waals surface area contributed by atoms with Gasteiger partial charge >= 0.3 is 5.97 Å². The minimum Gasteiger partial charge on any atom is -0.468 e. The fourth-order valence-corrected chi connectivity index (χ4v) is 2.32. The van der Waals surface area contributed by atoms with Crippen molar-refractivity contribution >= 4 is 5.97 Å². The van der Waals surface area contributed by atoms with E-state index in [2.05, 4.69) is 30.2 Å². The number of nitrogens with one attached hydrogen (secondary N) is 2. The normalized spacial score (nSPS) is 17.8. The first kappa shape index (κ1) is 14.1. The van der Waals surface area contributed by atoms with Crippen molar-refractivity contribution in [2.75, 3.05) is 33.4 Å². The first-order chi connectivity index (χ1) is 9.00. The fraction of sp³-hybridized carbons (Fsp3) is 0.643. The summed E-state index contributed by atoms with van der Waals surface area (Å²) in [6.45, 7) is 6.61. The smallest absolute Gasteiger partial charge is 0.317 e. The lowest BCUT2D eigenvalue weighted by Crippen LogP contribution is -2.56. The molecule has 1 fully saturated rings. The second kappa shape index (κ2) is 5.35. The van der Waals surface area contributed by atoms with Crippen molar-refractivity contribution in [2.45, 2.75) is 19.3 Å². The van der Waals surface area contributed by atoms with Crippen LogP contribution < -0.4 is 5.32 Å². The zero-order valence-corrected chi connectivity index (χ0v) is 11.8. The molecule has 1 aromatic heterocycles. The lowest BCUT2D eigenvalue weighted by Gasteiger charge is -2.39. The molecule has 1 saturated heterocycles. The van der Waals surface area contributed by atoms with Gasteiger partial charge in [-0.05, 0) is 11.6 Å². The van der Waals surface area contributed by atoms with E-state index < -0.39 is 5.41 Å². The van der Waals surface area contributed by atoms with Crippen molar-refractivity contribution in [3.63, 3.8) is 0 Å². The Bertz CT molecular complexity index is 422. The van der Waals surface area contributed by atoms with Gasteiger partial charge in [0.25, 0.3) is 0 Å². The highest BCUT2D eigenvalue weighted by molar-refractivity contribution is 5.78. The van der Waals surface area contributed by atoms with Gasteiger partial charge < -0.3 is 19.8 Å². The van der Waals surface area contributed by atoms with Crippen LogP contribution in [-0.2, 0) is 19.7 Å². The molecular formula is C14H22N2O3. The molecule has 0 amide bonds. The maximum Gasteiger partial charge on any atom is 0.317 e. The standard InChI is InChI=1S/C14H22N2O3/c1-13(2,11-4-5-15-6-11)7-16-8-14(9-19-10-14)12(17)18-3/h4-6,15-16H,7-10H2,1-3H3. The van der Waals surface area contributed by atoms with E-state index in [0.29, 0.717) is 19.8 Å². The molecule has 2 heterocycles. The predicted octanol–water partition coefficient (Wildman–Crippen LogP) is 1.07. The molecule has 2 N–H and O–H groups in total. The topological polar surface area (TPSA) is 63.3 Å². The second-order valence-electron chi connectivity index (χ2n) is 5.85. The van der Waals surface area contributed by atoms with Crippen LogP contribution in [0.3, 0.4) is 0 Å². The lowest BCUT2D eigenvalue weighted by atomic mass is 9.83. The van der Waals surface area contributed by atoms with Crippen LogP contribution in [0.1, 0.15) is 19.4 Å². The Morgan fingerprint density at radius 1 is 1.58 bits per heavy atom. The Kier molecular flexibility index (Phi) is 3.96. The summed E-state index contributed by atoms with van der Waals surface area (Å²) in [7, 11) is 1.42. The average Bonchev–Trinajstić information content (AvgIpc) is 2.86. The number of aromatic amines is 1. The Labute approximate surface area is 113 Å². The van der Waals surface area contributed by atoms with E-state index in [0.717, 1.165) is 6.54 Å². The van der Waals surface area contributed by atoms with Crippen LogP contribution in [0.15, 0.2) is 18.5 Å². The molecule has 1 aliphatic heterocycles. The fourth-order valence-electron chi connectivity index (χ4n) is 2.32. The Balaban J connectivity index is 1.88. The third-order valence-electron chi connectivity index (χ3n) is 3.78. The highest BCUT2D eigenvalue weighted by Crippen LogP contribution is 2.29. The highest BCUT2D eigenvalue weighted by Gasteiger charge is 2.47. The van der Waals surface area contributed by atoms with Crippen molar-refractivity contribution in [3.05, 3.63) is 24.0 Å². The molecule has 0 bridgehead atoms. The molecule has 2 rings (SSSR count). The van der Waals surface area contributed by atoms with Crippen molar-refractivity contribution in [2.24, 2.45) is 5.41 Å². The van der Waals surface area contributed by atoms with Gasteiger partial charge in [0.1, 0.15) is 5.41 Å². The third kappa shape index (κ3) is 2.82. The Morgan fingerprint density at radius 2 is 2.32 bits per heavy atom. The monoisotopic (exact) mass is 266 g/mol. The molecule has 0 aliphatic carbocycles. The molecule has 0 radical (unpaired) electrons. The summed E-state index contributed by atoms with van der Waals surface area (Å²) >= 11 is 0. The lowest BCUT2D eigenvalue weighted by molar-refractivity contribution is -0.182. The van der Waals surface area contributed by atoms with Gasteiger partial charge in [-0.1, -0.05) is 13.8 Å². The number of hydrogen-bond donors (Lipinski definition) is 2. The molecule has 0 aromatic carbocycles. The van der Waals surface area contributed by atoms with E-state index >= 15 is 0 Å². The Hall–Kier alpha value is -1.33. The van der Waals surface area contributed by atoms with E-state index in [9.17, 15) is 4.79 Å². The predicted molar refractivity (Wildman–Crippen MR) is 72.0 cm³/mol. The number of hydrogen-bond acceptors (Lipinski definition) is 4. The van der Waals surface area contributed by atoms with Crippen LogP contribution in [0.4, 0.5) is 0 Å². The average molecular weight is 266 g/mol. The quantitative estimate of drug-likeness (QED) is 0.756. The van der Waals surface area contributed by atoms with Crippen LogP contribution in [-0.4, -0.2) is 44.4 Å². The van der Waals surface area contributed by atoms with E-state index in [-0.39, 0.29) is 11.4 Å². The minimum atomic E-state index is -0.497. The summed E-state index contributed by atoms with van der Waals surface area (Å²) in [5.74, 6) is -0.189. The molecule has 1 aliphatic rings. The molecule has 1 aromatic rings. The summed E-state index contributed by atoms with van der Waals surface area (Å²) in [6.07, 6.45) is 3.93. The number of carbonyl (C=O) groups excluding carboxylic acids is 1. The van der Waals surface area contributed by atoms with Crippen LogP contribution in [0, 0.1) is 5.41 Å². The number of H-pyrrole nitrogens is 1. The second-order valence-corrected chi connectivity index (χ2v) is 5.85. The summed E-state index contributed by atoms with van der Waals surface area (Å²) in [5.41, 5.74) is 0.766. The number of aromatic nitrogens is 1. The zero-order chi connectivity index (χ0) is 13.9. The molecule has 19 heavy (non-hydrogen) atoms. The van der Waals surface area contributed by atoms with Gasteiger partial charge in [0, 0.05) is 30.9 Å². The minimum absolute atomic E-state index is 0.0158. The van der Waals surface area contributed by atoms with E-state index in [1.54, 1.807) is 0 Å². The first-order valence-corrected chi connectivity index (χ1v) is 6.50. The zero-order valence-electron chi connectivity index (χ0n) is 11.8. The molecule has 5 heteroatoms. The van der Waals surface area contributed by atoms with Gasteiger partial charge in [-0.15, -0.1) is 0 Å². The maximum atomic E-state index is 11.8. The molecular weight excluding hydrogens is 244 g/mol. The van der Waals surface area contributed by atoms with Crippen molar-refractivity contribution in [1.29, 1.82) is 0 Å². The van der Waals surface area contributed by atoms with E-state index in [1.165, 1.54) is 12.7 Å². The summed E-state index contributed by atoms with van der Waals surface area (Å²) in [6, 6.07) is 2.07. The van der Waals surface area contributed by atoms with Gasteiger partial charge in [-0.3, -0.25) is 4.79 Å².